The van der Waals surface area contributed by atoms with Crippen molar-refractivity contribution in [3.63, 3.8) is 0 Å². The van der Waals surface area contributed by atoms with E-state index in [9.17, 15) is 13.2 Å². The van der Waals surface area contributed by atoms with E-state index in [4.69, 9.17) is 0 Å². The molecule has 7 heteroatoms. The lowest BCUT2D eigenvalue weighted by Crippen LogP contribution is -2.46. The molecule has 2 N–H and O–H groups in total. The minimum Gasteiger partial charge on any atom is -0.348 e. The van der Waals surface area contributed by atoms with Crippen LogP contribution in [0.15, 0.2) is 29.2 Å². The van der Waals surface area contributed by atoms with E-state index < -0.39 is 10.0 Å². The number of rotatable bonds is 4. The molecule has 0 aliphatic carbocycles. The predicted molar refractivity (Wildman–Crippen MR) is 92.4 cm³/mol. The van der Waals surface area contributed by atoms with E-state index in [1.165, 1.54) is 10.4 Å². The van der Waals surface area contributed by atoms with Crippen molar-refractivity contribution in [2.75, 3.05) is 26.2 Å². The molecule has 2 aliphatic rings. The first-order chi connectivity index (χ1) is 11.6. The Hall–Kier alpha value is -1.44. The Labute approximate surface area is 143 Å². The number of hydrogen-bond donors (Lipinski definition) is 2. The number of amides is 1. The van der Waals surface area contributed by atoms with Crippen molar-refractivity contribution < 1.29 is 13.2 Å². The molecule has 24 heavy (non-hydrogen) atoms. The molecule has 2 fully saturated rings. The molecule has 0 spiro atoms. The molecule has 1 aromatic carbocycles. The monoisotopic (exact) mass is 351 g/mol. The molecule has 0 aromatic heterocycles. The second-order valence-corrected chi connectivity index (χ2v) is 8.38. The Balaban J connectivity index is 1.82. The van der Waals surface area contributed by atoms with Gasteiger partial charge in [-0.3, -0.25) is 4.79 Å². The largest absolute Gasteiger partial charge is 0.348 e. The maximum Gasteiger partial charge on any atom is 0.252 e. The van der Waals surface area contributed by atoms with Crippen molar-refractivity contribution in [2.45, 2.75) is 43.0 Å². The first-order valence-electron chi connectivity index (χ1n) is 8.70. The fraction of sp³-hybridized carbons (Fsp3) is 0.588. The van der Waals surface area contributed by atoms with Crippen molar-refractivity contribution in [3.8, 4) is 0 Å². The Bertz CT molecular complexity index is 678. The third-order valence-electron chi connectivity index (χ3n) is 4.70. The van der Waals surface area contributed by atoms with Crippen molar-refractivity contribution in [3.05, 3.63) is 29.8 Å². The molecule has 1 aromatic rings. The quantitative estimate of drug-likeness (QED) is 0.858. The Morgan fingerprint density at radius 3 is 2.58 bits per heavy atom. The minimum atomic E-state index is -3.62. The van der Waals surface area contributed by atoms with Gasteiger partial charge in [0.25, 0.3) is 5.91 Å². The van der Waals surface area contributed by atoms with Crippen LogP contribution >= 0.6 is 0 Å². The molecule has 0 saturated carbocycles. The van der Waals surface area contributed by atoms with Gasteiger partial charge >= 0.3 is 0 Å². The summed E-state index contributed by atoms with van der Waals surface area (Å²) in [6, 6.07) is 6.58. The number of nitrogens with one attached hydrogen (secondary N) is 2. The van der Waals surface area contributed by atoms with E-state index >= 15 is 0 Å². The van der Waals surface area contributed by atoms with Crippen LogP contribution in [-0.4, -0.2) is 50.9 Å². The SMILES string of the molecule is O=C(N[C@H]1CCCNC1)c1ccccc1S(=O)(=O)N1CCCCC1. The van der Waals surface area contributed by atoms with Crippen LogP contribution in [0.5, 0.6) is 0 Å². The Morgan fingerprint density at radius 2 is 1.88 bits per heavy atom. The number of nitrogens with zero attached hydrogens (tertiary/aromatic N) is 1. The minimum absolute atomic E-state index is 0.0528. The van der Waals surface area contributed by atoms with Gasteiger partial charge in [0.15, 0.2) is 0 Å². The fourth-order valence-corrected chi connectivity index (χ4v) is 5.07. The van der Waals surface area contributed by atoms with E-state index in [2.05, 4.69) is 10.6 Å². The van der Waals surface area contributed by atoms with Crippen LogP contribution in [0.3, 0.4) is 0 Å². The van der Waals surface area contributed by atoms with Gasteiger partial charge in [-0.1, -0.05) is 18.6 Å². The number of sulfonamides is 1. The summed E-state index contributed by atoms with van der Waals surface area (Å²) in [5.74, 6) is -0.306. The molecule has 1 amide bonds. The van der Waals surface area contributed by atoms with Gasteiger partial charge in [-0.25, -0.2) is 8.42 Å². The second-order valence-electron chi connectivity index (χ2n) is 6.48. The van der Waals surface area contributed by atoms with E-state index in [0.29, 0.717) is 13.1 Å². The van der Waals surface area contributed by atoms with Crippen molar-refractivity contribution >= 4 is 15.9 Å². The van der Waals surface area contributed by atoms with E-state index in [1.54, 1.807) is 18.2 Å². The molecular formula is C17H25N3O3S. The maximum atomic E-state index is 12.9. The highest BCUT2D eigenvalue weighted by Gasteiger charge is 2.30. The van der Waals surface area contributed by atoms with Crippen LogP contribution in [0.2, 0.25) is 0 Å². The molecule has 3 rings (SSSR count). The van der Waals surface area contributed by atoms with Crippen molar-refractivity contribution in [2.24, 2.45) is 0 Å². The first-order valence-corrected chi connectivity index (χ1v) is 10.1. The van der Waals surface area contributed by atoms with Gasteiger partial charge in [0, 0.05) is 25.7 Å². The standard InChI is InChI=1S/C17H25N3O3S/c21-17(19-14-7-6-10-18-13-14)15-8-2-3-9-16(15)24(22,23)20-11-4-1-5-12-20/h2-3,8-9,14,18H,1,4-7,10-13H2,(H,19,21)/t14-/m0/s1. The summed E-state index contributed by atoms with van der Waals surface area (Å²) in [7, 11) is -3.62. The average molecular weight is 351 g/mol. The topological polar surface area (TPSA) is 78.5 Å². The zero-order chi connectivity index (χ0) is 17.0. The normalized spacial score (nSPS) is 22.9. The van der Waals surface area contributed by atoms with E-state index in [1.807, 2.05) is 0 Å². The van der Waals surface area contributed by atoms with Gasteiger partial charge in [-0.15, -0.1) is 0 Å². The van der Waals surface area contributed by atoms with Gasteiger partial charge < -0.3 is 10.6 Å². The number of carbonyl (C=O) groups is 1. The molecule has 0 radical (unpaired) electrons. The van der Waals surface area contributed by atoms with Crippen LogP contribution < -0.4 is 10.6 Å². The number of piperidine rings is 2. The molecule has 132 valence electrons. The first kappa shape index (κ1) is 17.4. The van der Waals surface area contributed by atoms with Gasteiger partial charge in [-0.05, 0) is 44.4 Å². The average Bonchev–Trinajstić information content (AvgIpc) is 2.63. The summed E-state index contributed by atoms with van der Waals surface area (Å²) in [6.07, 6.45) is 4.74. The summed E-state index contributed by atoms with van der Waals surface area (Å²) in [4.78, 5) is 12.8. The molecule has 1 atom stereocenters. The van der Waals surface area contributed by atoms with Crippen LogP contribution in [0, 0.1) is 0 Å². The van der Waals surface area contributed by atoms with Gasteiger partial charge in [0.1, 0.15) is 0 Å². The molecule has 2 heterocycles. The lowest BCUT2D eigenvalue weighted by Gasteiger charge is -2.27. The zero-order valence-corrected chi connectivity index (χ0v) is 14.6. The summed E-state index contributed by atoms with van der Waals surface area (Å²) in [5.41, 5.74) is 0.244. The molecular weight excluding hydrogens is 326 g/mol. The van der Waals surface area contributed by atoms with Crippen LogP contribution in [0.4, 0.5) is 0 Å². The van der Waals surface area contributed by atoms with Crippen LogP contribution in [0.25, 0.3) is 0 Å². The summed E-state index contributed by atoms with van der Waals surface area (Å²) >= 11 is 0. The summed E-state index contributed by atoms with van der Waals surface area (Å²) in [6.45, 7) is 2.76. The third-order valence-corrected chi connectivity index (χ3v) is 6.65. The maximum absolute atomic E-state index is 12.9. The lowest BCUT2D eigenvalue weighted by atomic mass is 10.1. The second kappa shape index (κ2) is 7.63. The van der Waals surface area contributed by atoms with E-state index in [-0.39, 0.29) is 22.4 Å². The predicted octanol–water partition coefficient (Wildman–Crippen LogP) is 1.34. The third kappa shape index (κ3) is 3.79. The smallest absolute Gasteiger partial charge is 0.252 e. The summed E-state index contributed by atoms with van der Waals surface area (Å²) < 4.78 is 27.4. The van der Waals surface area contributed by atoms with Gasteiger partial charge in [0.05, 0.1) is 10.5 Å². The highest BCUT2D eigenvalue weighted by molar-refractivity contribution is 7.89. The number of hydrogen-bond acceptors (Lipinski definition) is 4. The number of carbonyl (C=O) groups excluding carboxylic acids is 1. The zero-order valence-electron chi connectivity index (χ0n) is 13.8. The van der Waals surface area contributed by atoms with E-state index in [0.717, 1.165) is 45.2 Å². The number of benzene rings is 1. The molecule has 2 aliphatic heterocycles. The van der Waals surface area contributed by atoms with Crippen molar-refractivity contribution in [1.82, 2.24) is 14.9 Å². The lowest BCUT2D eigenvalue weighted by molar-refractivity contribution is 0.0927. The molecule has 0 bridgehead atoms. The van der Waals surface area contributed by atoms with Crippen LogP contribution in [-0.2, 0) is 10.0 Å². The van der Waals surface area contributed by atoms with Gasteiger partial charge in [-0.2, -0.15) is 4.31 Å². The van der Waals surface area contributed by atoms with Gasteiger partial charge in [0.2, 0.25) is 10.0 Å². The fourth-order valence-electron chi connectivity index (χ4n) is 3.36. The highest BCUT2D eigenvalue weighted by atomic mass is 32.2. The Kier molecular flexibility index (Phi) is 5.53. The Morgan fingerprint density at radius 1 is 1.12 bits per heavy atom. The van der Waals surface area contributed by atoms with Crippen molar-refractivity contribution in [1.29, 1.82) is 0 Å². The highest BCUT2D eigenvalue weighted by Crippen LogP contribution is 2.23. The molecule has 2 saturated heterocycles. The summed E-state index contributed by atoms with van der Waals surface area (Å²) in [5, 5.41) is 6.21. The molecule has 0 unspecified atom stereocenters. The molecule has 6 nitrogen and oxygen atoms in total. The van der Waals surface area contributed by atoms with Crippen LogP contribution in [0.1, 0.15) is 42.5 Å².